The first-order chi connectivity index (χ1) is 9.92. The monoisotopic (exact) mass is 270 g/mol. The van der Waals surface area contributed by atoms with Crippen molar-refractivity contribution in [1.82, 2.24) is 0 Å². The Balaban J connectivity index is 1.40. The van der Waals surface area contributed by atoms with Gasteiger partial charge < -0.3 is 0 Å². The molecule has 0 spiro atoms. The van der Waals surface area contributed by atoms with Crippen molar-refractivity contribution in [3.05, 3.63) is 35.9 Å². The van der Waals surface area contributed by atoms with E-state index in [1.807, 2.05) is 0 Å². The minimum atomic E-state index is 1.01. The second-order valence-electron chi connectivity index (χ2n) is 7.20. The summed E-state index contributed by atoms with van der Waals surface area (Å²) in [5.41, 5.74) is 1.53. The van der Waals surface area contributed by atoms with Gasteiger partial charge in [-0.1, -0.05) is 75.3 Å². The van der Waals surface area contributed by atoms with E-state index in [0.29, 0.717) is 0 Å². The van der Waals surface area contributed by atoms with E-state index in [2.05, 4.69) is 30.3 Å². The van der Waals surface area contributed by atoms with Gasteiger partial charge in [0.15, 0.2) is 0 Å². The topological polar surface area (TPSA) is 0 Å². The molecule has 2 aliphatic rings. The second-order valence-corrected chi connectivity index (χ2v) is 7.20. The summed E-state index contributed by atoms with van der Waals surface area (Å²) in [5.74, 6) is 3.19. The van der Waals surface area contributed by atoms with Crippen molar-refractivity contribution in [3.63, 3.8) is 0 Å². The molecule has 0 amide bonds. The highest BCUT2D eigenvalue weighted by Gasteiger charge is 2.28. The van der Waals surface area contributed by atoms with Crippen LogP contribution in [0.25, 0.3) is 0 Å². The number of hydrogen-bond acceptors (Lipinski definition) is 0. The van der Waals surface area contributed by atoms with Crippen LogP contribution in [0, 0.1) is 17.8 Å². The molecule has 0 bridgehead atoms. The second kappa shape index (κ2) is 7.29. The summed E-state index contributed by atoms with van der Waals surface area (Å²) in [4.78, 5) is 0. The predicted octanol–water partition coefficient (Wildman–Crippen LogP) is 6.01. The van der Waals surface area contributed by atoms with E-state index < -0.39 is 0 Å². The number of hydrogen-bond donors (Lipinski definition) is 0. The molecule has 0 unspecified atom stereocenters. The van der Waals surface area contributed by atoms with E-state index in [-0.39, 0.29) is 0 Å². The number of aryl methyl sites for hydroxylation is 1. The molecule has 3 rings (SSSR count). The fourth-order valence-corrected chi connectivity index (χ4v) is 4.57. The third-order valence-electron chi connectivity index (χ3n) is 5.89. The van der Waals surface area contributed by atoms with Gasteiger partial charge in [-0.25, -0.2) is 0 Å². The minimum absolute atomic E-state index is 1.01. The highest BCUT2D eigenvalue weighted by Crippen LogP contribution is 2.40. The van der Waals surface area contributed by atoms with Crippen molar-refractivity contribution in [1.29, 1.82) is 0 Å². The number of benzene rings is 1. The van der Waals surface area contributed by atoms with E-state index in [1.165, 1.54) is 63.4 Å². The summed E-state index contributed by atoms with van der Waals surface area (Å²) in [6.07, 6.45) is 16.4. The molecule has 20 heavy (non-hydrogen) atoms. The maximum absolute atomic E-state index is 2.29. The van der Waals surface area contributed by atoms with Gasteiger partial charge >= 0.3 is 0 Å². The predicted molar refractivity (Wildman–Crippen MR) is 86.8 cm³/mol. The third-order valence-corrected chi connectivity index (χ3v) is 5.89. The molecule has 1 aromatic rings. The van der Waals surface area contributed by atoms with Crippen molar-refractivity contribution in [2.24, 2.45) is 17.8 Å². The molecule has 1 aromatic carbocycles. The van der Waals surface area contributed by atoms with Crippen molar-refractivity contribution < 1.29 is 0 Å². The van der Waals surface area contributed by atoms with Gasteiger partial charge in [0.25, 0.3) is 0 Å². The van der Waals surface area contributed by atoms with Crippen LogP contribution in [-0.4, -0.2) is 0 Å². The first-order valence-electron chi connectivity index (χ1n) is 8.96. The molecule has 2 aliphatic carbocycles. The minimum Gasteiger partial charge on any atom is -0.0622 e. The molecule has 0 N–H and O–H groups in total. The maximum atomic E-state index is 2.29. The SMILES string of the molecule is c1ccc(CCC2CCC(C3CCCCC3)CC2)cc1. The van der Waals surface area contributed by atoms with Gasteiger partial charge in [0, 0.05) is 0 Å². The normalized spacial score (nSPS) is 28.4. The van der Waals surface area contributed by atoms with Crippen LogP contribution in [0.3, 0.4) is 0 Å². The quantitative estimate of drug-likeness (QED) is 0.629. The maximum Gasteiger partial charge on any atom is -0.0276 e. The van der Waals surface area contributed by atoms with Crippen molar-refractivity contribution in [3.8, 4) is 0 Å². The van der Waals surface area contributed by atoms with Crippen LogP contribution < -0.4 is 0 Å². The van der Waals surface area contributed by atoms with Crippen LogP contribution in [0.15, 0.2) is 30.3 Å². The van der Waals surface area contributed by atoms with E-state index in [4.69, 9.17) is 0 Å². The van der Waals surface area contributed by atoms with Crippen LogP contribution in [0.2, 0.25) is 0 Å². The molecule has 2 saturated carbocycles. The molecule has 0 aromatic heterocycles. The molecule has 0 heterocycles. The Morgan fingerprint density at radius 3 is 2.05 bits per heavy atom. The highest BCUT2D eigenvalue weighted by molar-refractivity contribution is 5.14. The lowest BCUT2D eigenvalue weighted by molar-refractivity contribution is 0.163. The molecule has 0 radical (unpaired) electrons. The van der Waals surface area contributed by atoms with Gasteiger partial charge in [0.05, 0.1) is 0 Å². The lowest BCUT2D eigenvalue weighted by Gasteiger charge is -2.36. The summed E-state index contributed by atoms with van der Waals surface area (Å²) in [7, 11) is 0. The Morgan fingerprint density at radius 1 is 0.700 bits per heavy atom. The van der Waals surface area contributed by atoms with Gasteiger partial charge in [-0.3, -0.25) is 0 Å². The molecular formula is C20H30. The smallest absolute Gasteiger partial charge is 0.0276 e. The Bertz CT molecular complexity index is 366. The molecule has 110 valence electrons. The fourth-order valence-electron chi connectivity index (χ4n) is 4.57. The number of rotatable bonds is 4. The van der Waals surface area contributed by atoms with E-state index >= 15 is 0 Å². The summed E-state index contributed by atoms with van der Waals surface area (Å²) in [5, 5.41) is 0. The van der Waals surface area contributed by atoms with Crippen LogP contribution >= 0.6 is 0 Å². The van der Waals surface area contributed by atoms with Gasteiger partial charge in [-0.05, 0) is 49.0 Å². The van der Waals surface area contributed by atoms with Crippen LogP contribution in [0.5, 0.6) is 0 Å². The Labute approximate surface area is 125 Å². The van der Waals surface area contributed by atoms with Crippen molar-refractivity contribution in [2.75, 3.05) is 0 Å². The Kier molecular flexibility index (Phi) is 5.17. The highest BCUT2D eigenvalue weighted by atomic mass is 14.3. The molecule has 2 fully saturated rings. The van der Waals surface area contributed by atoms with E-state index in [0.717, 1.165) is 17.8 Å². The zero-order valence-electron chi connectivity index (χ0n) is 12.9. The van der Waals surface area contributed by atoms with Crippen molar-refractivity contribution >= 4 is 0 Å². The largest absolute Gasteiger partial charge is 0.0622 e. The van der Waals surface area contributed by atoms with Gasteiger partial charge in [-0.2, -0.15) is 0 Å². The first kappa shape index (κ1) is 14.2. The lowest BCUT2D eigenvalue weighted by Crippen LogP contribution is -2.23. The molecule has 0 nitrogen and oxygen atoms in total. The standard InChI is InChI=1S/C20H30/c1-3-7-17(8-4-1)11-12-18-13-15-20(16-14-18)19-9-5-2-6-10-19/h1,3-4,7-8,18-20H,2,5-6,9-16H2. The average Bonchev–Trinajstić information content (AvgIpc) is 2.55. The van der Waals surface area contributed by atoms with E-state index in [9.17, 15) is 0 Å². The van der Waals surface area contributed by atoms with Crippen LogP contribution in [0.4, 0.5) is 0 Å². The van der Waals surface area contributed by atoms with Gasteiger partial charge in [0.1, 0.15) is 0 Å². The summed E-state index contributed by atoms with van der Waals surface area (Å²) < 4.78 is 0. The van der Waals surface area contributed by atoms with E-state index in [1.54, 1.807) is 12.8 Å². The van der Waals surface area contributed by atoms with Gasteiger partial charge in [0.2, 0.25) is 0 Å². The van der Waals surface area contributed by atoms with Crippen LogP contribution in [-0.2, 0) is 6.42 Å². The zero-order chi connectivity index (χ0) is 13.6. The first-order valence-corrected chi connectivity index (χ1v) is 8.96. The summed E-state index contributed by atoms with van der Waals surface area (Å²) in [6, 6.07) is 11.0. The summed E-state index contributed by atoms with van der Waals surface area (Å²) in [6.45, 7) is 0. The third kappa shape index (κ3) is 3.87. The zero-order valence-corrected chi connectivity index (χ0v) is 12.9. The molecule has 0 atom stereocenters. The molecule has 0 aliphatic heterocycles. The lowest BCUT2D eigenvalue weighted by atomic mass is 9.70. The summed E-state index contributed by atoms with van der Waals surface area (Å²) >= 11 is 0. The Morgan fingerprint density at radius 2 is 1.35 bits per heavy atom. The Hall–Kier alpha value is -0.780. The molecular weight excluding hydrogens is 240 g/mol. The average molecular weight is 270 g/mol. The molecule has 0 heteroatoms. The fraction of sp³-hybridized carbons (Fsp3) is 0.700. The molecule has 0 saturated heterocycles. The van der Waals surface area contributed by atoms with Crippen LogP contribution in [0.1, 0.15) is 69.8 Å². The van der Waals surface area contributed by atoms with Crippen molar-refractivity contribution in [2.45, 2.75) is 70.6 Å². The van der Waals surface area contributed by atoms with Gasteiger partial charge in [-0.15, -0.1) is 0 Å².